The second-order valence-electron chi connectivity index (χ2n) is 7.56. The Morgan fingerprint density at radius 2 is 1.81 bits per heavy atom. The van der Waals surface area contributed by atoms with Crippen LogP contribution in [0.25, 0.3) is 11.3 Å². The van der Waals surface area contributed by atoms with Gasteiger partial charge in [-0.15, -0.1) is 0 Å². The van der Waals surface area contributed by atoms with Crippen LogP contribution in [0.15, 0.2) is 45.2 Å². The molecule has 164 valence electrons. The highest BCUT2D eigenvalue weighted by Gasteiger charge is 2.31. The Morgan fingerprint density at radius 1 is 1.06 bits per heavy atom. The maximum atomic E-state index is 12.9. The highest BCUT2D eigenvalue weighted by molar-refractivity contribution is 5.92. The van der Waals surface area contributed by atoms with E-state index >= 15 is 0 Å². The van der Waals surface area contributed by atoms with Crippen LogP contribution in [0.3, 0.4) is 0 Å². The maximum absolute atomic E-state index is 12.9. The van der Waals surface area contributed by atoms with Crippen molar-refractivity contribution >= 4 is 5.91 Å². The van der Waals surface area contributed by atoms with Crippen LogP contribution in [-0.2, 0) is 12.7 Å². The number of nitrogens with zero attached hydrogens (tertiary/aromatic N) is 3. The first-order chi connectivity index (χ1) is 14.7. The SMILES string of the molecule is Cc1nc(CN2CCN(C(=O)c3ccc(-c4cccc(C(F)(F)F)c4)o3)CC2)oc1C. The molecule has 1 aliphatic heterocycles. The number of alkyl halides is 3. The Labute approximate surface area is 177 Å². The zero-order valence-electron chi connectivity index (χ0n) is 17.2. The van der Waals surface area contributed by atoms with E-state index in [0.717, 1.165) is 23.6 Å². The number of furan rings is 1. The van der Waals surface area contributed by atoms with Gasteiger partial charge in [-0.25, -0.2) is 4.98 Å². The third kappa shape index (κ3) is 4.66. The Morgan fingerprint density at radius 3 is 2.45 bits per heavy atom. The number of halogens is 3. The van der Waals surface area contributed by atoms with Gasteiger partial charge in [0.25, 0.3) is 5.91 Å². The molecule has 4 rings (SSSR count). The molecule has 0 spiro atoms. The summed E-state index contributed by atoms with van der Waals surface area (Å²) < 4.78 is 50.0. The Bertz CT molecular complexity index is 1060. The molecule has 0 N–H and O–H groups in total. The molecule has 31 heavy (non-hydrogen) atoms. The van der Waals surface area contributed by atoms with Crippen molar-refractivity contribution in [2.75, 3.05) is 26.2 Å². The van der Waals surface area contributed by atoms with Gasteiger partial charge in [0.2, 0.25) is 5.89 Å². The summed E-state index contributed by atoms with van der Waals surface area (Å²) in [6.45, 7) is 6.70. The summed E-state index contributed by atoms with van der Waals surface area (Å²) in [5.74, 6) is 1.52. The van der Waals surface area contributed by atoms with Crippen molar-refractivity contribution in [1.29, 1.82) is 0 Å². The number of benzene rings is 1. The van der Waals surface area contributed by atoms with E-state index in [1.54, 1.807) is 4.90 Å². The lowest BCUT2D eigenvalue weighted by atomic mass is 10.1. The van der Waals surface area contributed by atoms with Crippen molar-refractivity contribution in [3.63, 3.8) is 0 Å². The van der Waals surface area contributed by atoms with Gasteiger partial charge >= 0.3 is 6.18 Å². The lowest BCUT2D eigenvalue weighted by molar-refractivity contribution is -0.137. The van der Waals surface area contributed by atoms with Crippen LogP contribution in [0, 0.1) is 13.8 Å². The van der Waals surface area contributed by atoms with E-state index < -0.39 is 11.7 Å². The molecule has 1 aromatic carbocycles. The predicted octanol–water partition coefficient (Wildman–Crippen LogP) is 4.53. The first-order valence-electron chi connectivity index (χ1n) is 9.93. The van der Waals surface area contributed by atoms with E-state index in [9.17, 15) is 18.0 Å². The topological polar surface area (TPSA) is 62.7 Å². The second kappa shape index (κ2) is 8.22. The number of carbonyl (C=O) groups excluding carboxylic acids is 1. The lowest BCUT2D eigenvalue weighted by Gasteiger charge is -2.33. The average Bonchev–Trinajstić information content (AvgIpc) is 3.34. The smallest absolute Gasteiger partial charge is 0.416 e. The first-order valence-corrected chi connectivity index (χ1v) is 9.93. The maximum Gasteiger partial charge on any atom is 0.416 e. The number of hydrogen-bond donors (Lipinski definition) is 0. The molecule has 0 unspecified atom stereocenters. The fourth-order valence-electron chi connectivity index (χ4n) is 3.52. The molecule has 9 heteroatoms. The Kier molecular flexibility index (Phi) is 5.62. The molecular formula is C22H22F3N3O3. The summed E-state index contributed by atoms with van der Waals surface area (Å²) in [6.07, 6.45) is -4.44. The van der Waals surface area contributed by atoms with Crippen LogP contribution in [0.4, 0.5) is 13.2 Å². The molecule has 1 aliphatic rings. The van der Waals surface area contributed by atoms with Gasteiger partial charge in [0.15, 0.2) is 5.76 Å². The van der Waals surface area contributed by atoms with Crippen LogP contribution in [0.5, 0.6) is 0 Å². The van der Waals surface area contributed by atoms with Crippen molar-refractivity contribution in [3.8, 4) is 11.3 Å². The monoisotopic (exact) mass is 433 g/mol. The van der Waals surface area contributed by atoms with Crippen molar-refractivity contribution in [2.45, 2.75) is 26.6 Å². The number of rotatable bonds is 4. The van der Waals surface area contributed by atoms with E-state index in [0.29, 0.717) is 38.6 Å². The van der Waals surface area contributed by atoms with Gasteiger partial charge in [-0.2, -0.15) is 13.2 Å². The number of oxazole rings is 1. The Balaban J connectivity index is 1.38. The van der Waals surface area contributed by atoms with Crippen molar-refractivity contribution in [3.05, 3.63) is 65.1 Å². The molecule has 1 amide bonds. The molecule has 3 heterocycles. The summed E-state index contributed by atoms with van der Waals surface area (Å²) in [5.41, 5.74) is 0.385. The highest BCUT2D eigenvalue weighted by Crippen LogP contribution is 2.32. The first kappa shape index (κ1) is 21.2. The van der Waals surface area contributed by atoms with Gasteiger partial charge in [0.1, 0.15) is 11.5 Å². The quantitative estimate of drug-likeness (QED) is 0.605. The fourth-order valence-corrected chi connectivity index (χ4v) is 3.52. The van der Waals surface area contributed by atoms with E-state index in [2.05, 4.69) is 9.88 Å². The van der Waals surface area contributed by atoms with E-state index in [-0.39, 0.29) is 23.0 Å². The minimum Gasteiger partial charge on any atom is -0.451 e. The molecule has 0 bridgehead atoms. The largest absolute Gasteiger partial charge is 0.451 e. The zero-order valence-corrected chi connectivity index (χ0v) is 17.2. The molecule has 3 aromatic rings. The molecule has 1 saturated heterocycles. The van der Waals surface area contributed by atoms with E-state index in [4.69, 9.17) is 8.83 Å². The fraction of sp³-hybridized carbons (Fsp3) is 0.364. The average molecular weight is 433 g/mol. The van der Waals surface area contributed by atoms with Gasteiger partial charge in [-0.1, -0.05) is 12.1 Å². The Hall–Kier alpha value is -3.07. The third-order valence-corrected chi connectivity index (χ3v) is 5.38. The molecule has 6 nitrogen and oxygen atoms in total. The number of aryl methyl sites for hydroxylation is 2. The van der Waals surface area contributed by atoms with Crippen molar-refractivity contribution < 1.29 is 26.8 Å². The van der Waals surface area contributed by atoms with Gasteiger partial charge < -0.3 is 13.7 Å². The van der Waals surface area contributed by atoms with Gasteiger partial charge in [0, 0.05) is 31.7 Å². The number of piperazine rings is 1. The second-order valence-corrected chi connectivity index (χ2v) is 7.56. The lowest BCUT2D eigenvalue weighted by Crippen LogP contribution is -2.48. The summed E-state index contributed by atoms with van der Waals surface area (Å²) in [7, 11) is 0. The molecular weight excluding hydrogens is 411 g/mol. The summed E-state index contributed by atoms with van der Waals surface area (Å²) >= 11 is 0. The van der Waals surface area contributed by atoms with Crippen molar-refractivity contribution in [1.82, 2.24) is 14.8 Å². The normalized spacial score (nSPS) is 15.5. The standard InChI is InChI=1S/C22H22F3N3O3/c1-14-15(2)30-20(26-14)13-27-8-10-28(11-9-27)21(29)19-7-6-18(31-19)16-4-3-5-17(12-16)22(23,24)25/h3-7,12H,8-11,13H2,1-2H3. The van der Waals surface area contributed by atoms with Gasteiger partial charge in [0.05, 0.1) is 17.8 Å². The van der Waals surface area contributed by atoms with Crippen LogP contribution >= 0.6 is 0 Å². The zero-order chi connectivity index (χ0) is 22.2. The van der Waals surface area contributed by atoms with Crippen LogP contribution < -0.4 is 0 Å². The minimum absolute atomic E-state index is 0.111. The molecule has 1 fully saturated rings. The van der Waals surface area contributed by atoms with Crippen molar-refractivity contribution in [2.24, 2.45) is 0 Å². The number of carbonyl (C=O) groups is 1. The summed E-state index contributed by atoms with van der Waals surface area (Å²) in [4.78, 5) is 21.0. The summed E-state index contributed by atoms with van der Waals surface area (Å²) in [6, 6.07) is 7.87. The van der Waals surface area contributed by atoms with Gasteiger partial charge in [-0.3, -0.25) is 9.69 Å². The number of aromatic nitrogens is 1. The highest BCUT2D eigenvalue weighted by atomic mass is 19.4. The van der Waals surface area contributed by atoms with Crippen LogP contribution in [-0.4, -0.2) is 46.9 Å². The number of amides is 1. The molecule has 0 atom stereocenters. The molecule has 2 aromatic heterocycles. The van der Waals surface area contributed by atoms with Crippen LogP contribution in [0.1, 0.15) is 33.5 Å². The molecule has 0 radical (unpaired) electrons. The summed E-state index contributed by atoms with van der Waals surface area (Å²) in [5, 5.41) is 0. The van der Waals surface area contributed by atoms with E-state index in [1.807, 2.05) is 13.8 Å². The number of hydrogen-bond acceptors (Lipinski definition) is 5. The molecule has 0 aliphatic carbocycles. The van der Waals surface area contributed by atoms with Gasteiger partial charge in [-0.05, 0) is 38.1 Å². The molecule has 0 saturated carbocycles. The minimum atomic E-state index is -4.44. The predicted molar refractivity (Wildman–Crippen MR) is 106 cm³/mol. The van der Waals surface area contributed by atoms with E-state index in [1.165, 1.54) is 24.3 Å². The van der Waals surface area contributed by atoms with Crippen LogP contribution in [0.2, 0.25) is 0 Å². The third-order valence-electron chi connectivity index (χ3n) is 5.38.